The lowest BCUT2D eigenvalue weighted by Crippen LogP contribution is -2.22. The average molecular weight is 460 g/mol. The van der Waals surface area contributed by atoms with Crippen molar-refractivity contribution in [2.75, 3.05) is 12.4 Å². The molecule has 3 aromatic rings. The molecular formula is C26H25N3O5. The average Bonchev–Trinajstić information content (AvgIpc) is 3.20. The molecule has 1 aliphatic rings. The number of carbonyl (C=O) groups excluding carboxylic acids is 3. The number of esters is 1. The van der Waals surface area contributed by atoms with Gasteiger partial charge in [-0.1, -0.05) is 30.3 Å². The van der Waals surface area contributed by atoms with Gasteiger partial charge in [0, 0.05) is 23.1 Å². The molecule has 0 radical (unpaired) electrons. The molecule has 0 spiro atoms. The second kappa shape index (κ2) is 9.74. The second-order valence-electron chi connectivity index (χ2n) is 8.01. The first-order valence-electron chi connectivity index (χ1n) is 10.9. The summed E-state index contributed by atoms with van der Waals surface area (Å²) >= 11 is 0. The van der Waals surface area contributed by atoms with Crippen LogP contribution in [0, 0.1) is 13.8 Å². The molecule has 2 N–H and O–H groups in total. The number of amides is 2. The lowest BCUT2D eigenvalue weighted by atomic mass is 9.93. The molecule has 1 aliphatic carbocycles. The van der Waals surface area contributed by atoms with E-state index in [0.29, 0.717) is 41.1 Å². The predicted molar refractivity (Wildman–Crippen MR) is 127 cm³/mol. The number of carbonyl (C=O) groups is 3. The number of hydrogen-bond acceptors (Lipinski definition) is 6. The van der Waals surface area contributed by atoms with E-state index in [1.807, 2.05) is 19.1 Å². The van der Waals surface area contributed by atoms with Gasteiger partial charge in [-0.05, 0) is 50.5 Å². The summed E-state index contributed by atoms with van der Waals surface area (Å²) in [6.45, 7) is 3.65. The zero-order chi connectivity index (χ0) is 24.2. The Kier molecular flexibility index (Phi) is 6.58. The highest BCUT2D eigenvalue weighted by Crippen LogP contribution is 2.30. The summed E-state index contributed by atoms with van der Waals surface area (Å²) in [6.07, 6.45) is 2.09. The van der Waals surface area contributed by atoms with Gasteiger partial charge in [0.2, 0.25) is 0 Å². The fourth-order valence-corrected chi connectivity index (χ4v) is 4.06. The number of para-hydroxylation sites is 1. The SMILES string of the molecule is COC(=O)c1ccccc1NC(=O)c1oc2c(c1C)/C(=N/NC(=O)c1ccccc1C)CCC2. The molecule has 1 aromatic heterocycles. The fraction of sp³-hybridized carbons (Fsp3) is 0.231. The molecule has 0 aliphatic heterocycles. The van der Waals surface area contributed by atoms with E-state index >= 15 is 0 Å². The van der Waals surface area contributed by atoms with E-state index < -0.39 is 11.9 Å². The molecule has 2 aromatic carbocycles. The van der Waals surface area contributed by atoms with Crippen molar-refractivity contribution >= 4 is 29.2 Å². The van der Waals surface area contributed by atoms with E-state index in [-0.39, 0.29) is 17.2 Å². The molecule has 0 fully saturated rings. The van der Waals surface area contributed by atoms with E-state index in [0.717, 1.165) is 17.5 Å². The first kappa shape index (κ1) is 23.0. The van der Waals surface area contributed by atoms with Gasteiger partial charge in [-0.25, -0.2) is 10.2 Å². The number of benzene rings is 2. The van der Waals surface area contributed by atoms with Crippen molar-refractivity contribution in [3.8, 4) is 0 Å². The number of nitrogens with zero attached hydrogens (tertiary/aromatic N) is 1. The lowest BCUT2D eigenvalue weighted by molar-refractivity contribution is 0.0601. The van der Waals surface area contributed by atoms with Gasteiger partial charge in [0.05, 0.1) is 24.1 Å². The van der Waals surface area contributed by atoms with Gasteiger partial charge in [0.25, 0.3) is 11.8 Å². The van der Waals surface area contributed by atoms with Gasteiger partial charge in [0.1, 0.15) is 5.76 Å². The van der Waals surface area contributed by atoms with Crippen LogP contribution in [0.25, 0.3) is 0 Å². The third-order valence-corrected chi connectivity index (χ3v) is 5.79. The number of anilines is 1. The smallest absolute Gasteiger partial charge is 0.339 e. The number of rotatable bonds is 5. The van der Waals surface area contributed by atoms with Crippen molar-refractivity contribution < 1.29 is 23.5 Å². The van der Waals surface area contributed by atoms with Crippen LogP contribution in [0.15, 0.2) is 58.0 Å². The highest BCUT2D eigenvalue weighted by molar-refractivity contribution is 6.11. The number of fused-ring (bicyclic) bond motifs is 1. The first-order valence-corrected chi connectivity index (χ1v) is 10.9. The number of hydrogen-bond donors (Lipinski definition) is 2. The van der Waals surface area contributed by atoms with E-state index in [4.69, 9.17) is 9.15 Å². The Hall–Kier alpha value is -4.20. The van der Waals surface area contributed by atoms with E-state index in [1.165, 1.54) is 7.11 Å². The zero-order valence-corrected chi connectivity index (χ0v) is 19.2. The molecule has 0 atom stereocenters. The highest BCUT2D eigenvalue weighted by atomic mass is 16.5. The normalized spacial score (nSPS) is 13.8. The van der Waals surface area contributed by atoms with Crippen molar-refractivity contribution in [1.29, 1.82) is 0 Å². The summed E-state index contributed by atoms with van der Waals surface area (Å²) in [4.78, 5) is 37.7. The van der Waals surface area contributed by atoms with Gasteiger partial charge >= 0.3 is 5.97 Å². The molecule has 8 nitrogen and oxygen atoms in total. The van der Waals surface area contributed by atoms with Crippen molar-refractivity contribution in [3.63, 3.8) is 0 Å². The van der Waals surface area contributed by atoms with E-state index in [1.54, 1.807) is 43.3 Å². The lowest BCUT2D eigenvalue weighted by Gasteiger charge is -2.13. The molecule has 1 heterocycles. The number of nitrogens with one attached hydrogen (secondary N) is 2. The van der Waals surface area contributed by atoms with E-state index in [2.05, 4.69) is 15.8 Å². The van der Waals surface area contributed by atoms with Crippen molar-refractivity contribution in [2.45, 2.75) is 33.1 Å². The molecule has 0 bridgehead atoms. The van der Waals surface area contributed by atoms with Crippen molar-refractivity contribution in [1.82, 2.24) is 5.43 Å². The Balaban J connectivity index is 1.59. The number of aryl methyl sites for hydroxylation is 2. The predicted octanol–water partition coefficient (Wildman–Crippen LogP) is 4.41. The summed E-state index contributed by atoms with van der Waals surface area (Å²) in [7, 11) is 1.28. The topological polar surface area (TPSA) is 110 Å². The van der Waals surface area contributed by atoms with Gasteiger partial charge in [-0.15, -0.1) is 0 Å². The summed E-state index contributed by atoms with van der Waals surface area (Å²) in [5, 5.41) is 7.11. The van der Waals surface area contributed by atoms with E-state index in [9.17, 15) is 14.4 Å². The Labute approximate surface area is 197 Å². The largest absolute Gasteiger partial charge is 0.465 e. The summed E-state index contributed by atoms with van der Waals surface area (Å²) in [5.41, 5.74) is 6.65. The van der Waals surface area contributed by atoms with Crippen LogP contribution in [0.2, 0.25) is 0 Å². The number of hydrazone groups is 1. The Morgan fingerprint density at radius 2 is 1.65 bits per heavy atom. The standard InChI is InChI=1S/C26H25N3O5/c1-15-9-4-5-10-17(15)24(30)29-28-20-13-8-14-21-22(20)16(2)23(34-21)25(31)27-19-12-7-6-11-18(19)26(32)33-3/h4-7,9-12H,8,13-14H2,1-3H3,(H,27,31)(H,29,30)/b28-20+. The van der Waals surface area contributed by atoms with Gasteiger partial charge in [-0.2, -0.15) is 5.10 Å². The quantitative estimate of drug-likeness (QED) is 0.434. The number of furan rings is 1. The molecule has 174 valence electrons. The van der Waals surface area contributed by atoms with Crippen LogP contribution in [0.5, 0.6) is 0 Å². The van der Waals surface area contributed by atoms with Crippen LogP contribution < -0.4 is 10.7 Å². The molecule has 0 saturated carbocycles. The molecule has 34 heavy (non-hydrogen) atoms. The fourth-order valence-electron chi connectivity index (χ4n) is 4.06. The molecule has 4 rings (SSSR count). The van der Waals surface area contributed by atoms with Crippen LogP contribution >= 0.6 is 0 Å². The highest BCUT2D eigenvalue weighted by Gasteiger charge is 2.28. The van der Waals surface area contributed by atoms with Crippen molar-refractivity contribution in [2.24, 2.45) is 5.10 Å². The maximum atomic E-state index is 13.0. The molecule has 0 saturated heterocycles. The summed E-state index contributed by atoms with van der Waals surface area (Å²) in [5.74, 6) is -0.531. The minimum Gasteiger partial charge on any atom is -0.465 e. The monoisotopic (exact) mass is 459 g/mol. The summed E-state index contributed by atoms with van der Waals surface area (Å²) < 4.78 is 10.7. The van der Waals surface area contributed by atoms with Gasteiger partial charge < -0.3 is 14.5 Å². The molecule has 2 amide bonds. The third-order valence-electron chi connectivity index (χ3n) is 5.79. The third kappa shape index (κ3) is 4.47. The van der Waals surface area contributed by atoms with Crippen LogP contribution in [-0.2, 0) is 11.2 Å². The Bertz CT molecular complexity index is 1310. The maximum absolute atomic E-state index is 13.0. The molecule has 0 unspecified atom stereocenters. The van der Waals surface area contributed by atoms with Gasteiger partial charge in [0.15, 0.2) is 5.76 Å². The van der Waals surface area contributed by atoms with Gasteiger partial charge in [-0.3, -0.25) is 9.59 Å². The Morgan fingerprint density at radius 1 is 0.941 bits per heavy atom. The molecular weight excluding hydrogens is 434 g/mol. The molecule has 8 heteroatoms. The van der Waals surface area contributed by atoms with Crippen molar-refractivity contribution in [3.05, 3.63) is 87.9 Å². The number of methoxy groups -OCH3 is 1. The van der Waals surface area contributed by atoms with Crippen LogP contribution in [0.4, 0.5) is 5.69 Å². The van der Waals surface area contributed by atoms with Crippen LogP contribution in [0.1, 0.15) is 66.6 Å². The minimum atomic E-state index is -0.551. The minimum absolute atomic E-state index is 0.143. The second-order valence-corrected chi connectivity index (χ2v) is 8.01. The number of ether oxygens (including phenoxy) is 1. The zero-order valence-electron chi connectivity index (χ0n) is 19.2. The Morgan fingerprint density at radius 3 is 2.38 bits per heavy atom. The first-order chi connectivity index (χ1) is 16.4. The maximum Gasteiger partial charge on any atom is 0.339 e. The summed E-state index contributed by atoms with van der Waals surface area (Å²) in [6, 6.07) is 13.9. The van der Waals surface area contributed by atoms with Crippen LogP contribution in [0.3, 0.4) is 0 Å². The van der Waals surface area contributed by atoms with Crippen LogP contribution in [-0.4, -0.2) is 30.6 Å².